The molecule has 0 saturated carbocycles. The predicted molar refractivity (Wildman–Crippen MR) is 54.5 cm³/mol. The largest absolute Gasteiger partial charge is 0.391 e. The molecule has 0 bridgehead atoms. The van der Waals surface area contributed by atoms with Gasteiger partial charge in [0.1, 0.15) is 17.3 Å². The van der Waals surface area contributed by atoms with Crippen LogP contribution in [-0.2, 0) is 0 Å². The highest BCUT2D eigenvalue weighted by molar-refractivity contribution is 6.29. The normalized spacial score (nSPS) is 22.4. The van der Waals surface area contributed by atoms with Crippen LogP contribution in [-0.4, -0.2) is 34.3 Å². The summed E-state index contributed by atoms with van der Waals surface area (Å²) in [5, 5.41) is 9.93. The van der Waals surface area contributed by atoms with Crippen molar-refractivity contribution in [1.29, 1.82) is 0 Å². The second-order valence-corrected chi connectivity index (χ2v) is 3.83. The molecule has 0 radical (unpaired) electrons. The maximum absolute atomic E-state index is 9.49. The van der Waals surface area contributed by atoms with Crippen LogP contribution in [0.4, 0.5) is 5.82 Å². The summed E-state index contributed by atoms with van der Waals surface area (Å²) in [5.41, 5.74) is 0. The monoisotopic (exact) mass is 213 g/mol. The van der Waals surface area contributed by atoms with Crippen molar-refractivity contribution in [3.05, 3.63) is 17.5 Å². The summed E-state index contributed by atoms with van der Waals surface area (Å²) >= 11 is 5.76. The fourth-order valence-electron chi connectivity index (χ4n) is 1.66. The van der Waals surface area contributed by atoms with Gasteiger partial charge in [0.15, 0.2) is 0 Å². The van der Waals surface area contributed by atoms with Crippen LogP contribution in [0.3, 0.4) is 0 Å². The van der Waals surface area contributed by atoms with Gasteiger partial charge in [0.2, 0.25) is 0 Å². The molecule has 1 atom stereocenters. The second kappa shape index (κ2) is 4.11. The van der Waals surface area contributed by atoms with Crippen molar-refractivity contribution in [1.82, 2.24) is 9.97 Å². The van der Waals surface area contributed by atoms with Crippen LogP contribution in [0.25, 0.3) is 0 Å². The van der Waals surface area contributed by atoms with E-state index in [-0.39, 0.29) is 6.10 Å². The Labute approximate surface area is 87.5 Å². The van der Waals surface area contributed by atoms with E-state index in [1.54, 1.807) is 6.07 Å². The molecule has 2 heterocycles. The first-order valence-corrected chi connectivity index (χ1v) is 5.04. The Hall–Kier alpha value is -0.870. The van der Waals surface area contributed by atoms with Crippen LogP contribution in [0.15, 0.2) is 12.4 Å². The maximum Gasteiger partial charge on any atom is 0.134 e. The van der Waals surface area contributed by atoms with Crippen molar-refractivity contribution < 1.29 is 5.11 Å². The molecule has 1 aliphatic rings. The van der Waals surface area contributed by atoms with Crippen LogP contribution in [0, 0.1) is 0 Å². The third kappa shape index (κ3) is 2.13. The molecule has 1 aromatic rings. The van der Waals surface area contributed by atoms with Crippen molar-refractivity contribution in [2.45, 2.75) is 18.9 Å². The highest BCUT2D eigenvalue weighted by atomic mass is 35.5. The molecule has 14 heavy (non-hydrogen) atoms. The van der Waals surface area contributed by atoms with Crippen LogP contribution in [0.2, 0.25) is 5.15 Å². The lowest BCUT2D eigenvalue weighted by atomic mass is 10.1. The molecular weight excluding hydrogens is 202 g/mol. The van der Waals surface area contributed by atoms with Crippen molar-refractivity contribution in [3.8, 4) is 0 Å². The quantitative estimate of drug-likeness (QED) is 0.710. The Morgan fingerprint density at radius 1 is 1.50 bits per heavy atom. The van der Waals surface area contributed by atoms with Gasteiger partial charge in [0, 0.05) is 19.2 Å². The topological polar surface area (TPSA) is 49.2 Å². The molecule has 0 spiro atoms. The summed E-state index contributed by atoms with van der Waals surface area (Å²) in [6.45, 7) is 1.55. The Balaban J connectivity index is 2.14. The summed E-state index contributed by atoms with van der Waals surface area (Å²) in [7, 11) is 0. The van der Waals surface area contributed by atoms with E-state index in [0.29, 0.717) is 11.7 Å². The van der Waals surface area contributed by atoms with E-state index in [2.05, 4.69) is 9.97 Å². The number of piperidine rings is 1. The minimum absolute atomic E-state index is 0.252. The van der Waals surface area contributed by atoms with Gasteiger partial charge in [-0.1, -0.05) is 11.6 Å². The van der Waals surface area contributed by atoms with Gasteiger partial charge in [-0.3, -0.25) is 0 Å². The summed E-state index contributed by atoms with van der Waals surface area (Å²) in [6, 6.07) is 1.72. The van der Waals surface area contributed by atoms with Crippen LogP contribution < -0.4 is 4.90 Å². The molecule has 4 nitrogen and oxygen atoms in total. The van der Waals surface area contributed by atoms with E-state index in [0.717, 1.165) is 25.2 Å². The number of aliphatic hydroxyl groups excluding tert-OH is 1. The average molecular weight is 214 g/mol. The molecule has 1 unspecified atom stereocenters. The van der Waals surface area contributed by atoms with Crippen molar-refractivity contribution >= 4 is 17.4 Å². The first-order chi connectivity index (χ1) is 6.75. The Bertz CT molecular complexity index is 321. The number of anilines is 1. The number of aromatic nitrogens is 2. The number of hydrogen-bond acceptors (Lipinski definition) is 4. The number of rotatable bonds is 1. The zero-order valence-corrected chi connectivity index (χ0v) is 8.48. The van der Waals surface area contributed by atoms with Gasteiger partial charge in [-0.25, -0.2) is 9.97 Å². The second-order valence-electron chi connectivity index (χ2n) is 3.44. The molecule has 1 aromatic heterocycles. The summed E-state index contributed by atoms with van der Waals surface area (Å²) in [4.78, 5) is 9.97. The zero-order chi connectivity index (χ0) is 9.97. The molecule has 1 aliphatic heterocycles. The number of β-amino-alcohol motifs (C(OH)–C–C–N with tert-alkyl or cyclic N) is 1. The molecule has 76 valence electrons. The molecule has 0 amide bonds. The SMILES string of the molecule is OC1CCCN(c2cc(Cl)ncn2)C1. The molecule has 1 saturated heterocycles. The van der Waals surface area contributed by atoms with Crippen molar-refractivity contribution in [3.63, 3.8) is 0 Å². The molecule has 5 heteroatoms. The van der Waals surface area contributed by atoms with E-state index in [4.69, 9.17) is 11.6 Å². The number of hydrogen-bond donors (Lipinski definition) is 1. The minimum atomic E-state index is -0.252. The average Bonchev–Trinajstić information content (AvgIpc) is 2.18. The van der Waals surface area contributed by atoms with E-state index < -0.39 is 0 Å². The van der Waals surface area contributed by atoms with Gasteiger partial charge in [-0.15, -0.1) is 0 Å². The predicted octanol–water partition coefficient (Wildman–Crippen LogP) is 1.09. The van der Waals surface area contributed by atoms with Crippen LogP contribution in [0.5, 0.6) is 0 Å². The Morgan fingerprint density at radius 3 is 3.07 bits per heavy atom. The van der Waals surface area contributed by atoms with Gasteiger partial charge in [-0.05, 0) is 12.8 Å². The lowest BCUT2D eigenvalue weighted by molar-refractivity contribution is 0.154. The van der Waals surface area contributed by atoms with E-state index in [1.165, 1.54) is 6.33 Å². The molecule has 0 aromatic carbocycles. The number of nitrogens with zero attached hydrogens (tertiary/aromatic N) is 3. The summed E-state index contributed by atoms with van der Waals surface area (Å²) < 4.78 is 0. The van der Waals surface area contributed by atoms with Gasteiger partial charge < -0.3 is 10.0 Å². The van der Waals surface area contributed by atoms with Gasteiger partial charge in [0.25, 0.3) is 0 Å². The zero-order valence-electron chi connectivity index (χ0n) is 7.73. The van der Waals surface area contributed by atoms with Crippen LogP contribution in [0.1, 0.15) is 12.8 Å². The first-order valence-electron chi connectivity index (χ1n) is 4.66. The Morgan fingerprint density at radius 2 is 2.36 bits per heavy atom. The van der Waals surface area contributed by atoms with Crippen molar-refractivity contribution in [2.24, 2.45) is 0 Å². The third-order valence-electron chi connectivity index (χ3n) is 2.34. The molecule has 1 fully saturated rings. The lowest BCUT2D eigenvalue weighted by Crippen LogP contribution is -2.38. The Kier molecular flexibility index (Phi) is 2.84. The molecule has 0 aliphatic carbocycles. The summed E-state index contributed by atoms with van der Waals surface area (Å²) in [6.07, 6.45) is 3.05. The van der Waals surface area contributed by atoms with E-state index in [9.17, 15) is 5.11 Å². The van der Waals surface area contributed by atoms with Gasteiger partial charge >= 0.3 is 0 Å². The van der Waals surface area contributed by atoms with E-state index >= 15 is 0 Å². The molecule has 2 rings (SSSR count). The van der Waals surface area contributed by atoms with Crippen LogP contribution >= 0.6 is 11.6 Å². The fourth-order valence-corrected chi connectivity index (χ4v) is 1.80. The number of halogens is 1. The first kappa shape index (κ1) is 9.68. The fraction of sp³-hybridized carbons (Fsp3) is 0.556. The molecule has 1 N–H and O–H groups in total. The highest BCUT2D eigenvalue weighted by Crippen LogP contribution is 2.19. The lowest BCUT2D eigenvalue weighted by Gasteiger charge is -2.30. The van der Waals surface area contributed by atoms with E-state index in [1.807, 2.05) is 4.90 Å². The van der Waals surface area contributed by atoms with Crippen molar-refractivity contribution in [2.75, 3.05) is 18.0 Å². The standard InChI is InChI=1S/C9H12ClN3O/c10-8-4-9(12-6-11-8)13-3-1-2-7(14)5-13/h4,6-7,14H,1-3,5H2. The smallest absolute Gasteiger partial charge is 0.134 e. The minimum Gasteiger partial charge on any atom is -0.391 e. The highest BCUT2D eigenvalue weighted by Gasteiger charge is 2.18. The third-order valence-corrected chi connectivity index (χ3v) is 2.55. The molecular formula is C9H12ClN3O. The summed E-state index contributed by atoms with van der Waals surface area (Å²) in [5.74, 6) is 0.795. The maximum atomic E-state index is 9.49. The van der Waals surface area contributed by atoms with Gasteiger partial charge in [0.05, 0.1) is 6.10 Å². The number of aliphatic hydroxyl groups is 1. The van der Waals surface area contributed by atoms with Gasteiger partial charge in [-0.2, -0.15) is 0 Å².